The van der Waals surface area contributed by atoms with E-state index in [-0.39, 0.29) is 11.8 Å². The summed E-state index contributed by atoms with van der Waals surface area (Å²) in [5, 5.41) is 2.87. The summed E-state index contributed by atoms with van der Waals surface area (Å²) >= 11 is 0. The summed E-state index contributed by atoms with van der Waals surface area (Å²) < 4.78 is 5.29. The smallest absolute Gasteiger partial charge is 0.255 e. The van der Waals surface area contributed by atoms with Crippen molar-refractivity contribution < 1.29 is 14.3 Å². The lowest BCUT2D eigenvalue weighted by molar-refractivity contribution is 0.0664. The fourth-order valence-electron chi connectivity index (χ4n) is 3.07. The summed E-state index contributed by atoms with van der Waals surface area (Å²) in [6.45, 7) is 5.17. The zero-order valence-electron chi connectivity index (χ0n) is 16.0. The molecule has 6 heteroatoms. The third-order valence-corrected chi connectivity index (χ3v) is 4.79. The highest BCUT2D eigenvalue weighted by Crippen LogP contribution is 2.25. The molecule has 2 aromatic rings. The number of methoxy groups -OCH3 is 1. The van der Waals surface area contributed by atoms with Gasteiger partial charge < -0.3 is 19.9 Å². The van der Waals surface area contributed by atoms with Crippen molar-refractivity contribution in [2.75, 3.05) is 45.7 Å². The molecule has 1 fully saturated rings. The van der Waals surface area contributed by atoms with Crippen LogP contribution in [-0.2, 0) is 0 Å². The standard InChI is InChI=1S/C21H25N3O3/c1-15-4-9-19(27-3)18(14-15)22-20(25)16-5-7-17(8-6-16)21(26)24-12-10-23(2)11-13-24/h4-9,14H,10-13H2,1-3H3,(H,22,25). The molecule has 142 valence electrons. The van der Waals surface area contributed by atoms with Crippen molar-refractivity contribution in [1.29, 1.82) is 0 Å². The molecule has 0 saturated carbocycles. The highest BCUT2D eigenvalue weighted by atomic mass is 16.5. The Kier molecular flexibility index (Phi) is 5.76. The molecule has 2 aromatic carbocycles. The molecule has 0 atom stereocenters. The first-order chi connectivity index (χ1) is 13.0. The van der Waals surface area contributed by atoms with Crippen molar-refractivity contribution >= 4 is 17.5 Å². The van der Waals surface area contributed by atoms with E-state index in [4.69, 9.17) is 4.74 Å². The van der Waals surface area contributed by atoms with Gasteiger partial charge in [0, 0.05) is 37.3 Å². The number of ether oxygens (including phenoxy) is 1. The first-order valence-corrected chi connectivity index (χ1v) is 9.02. The van der Waals surface area contributed by atoms with Gasteiger partial charge in [-0.05, 0) is 55.9 Å². The van der Waals surface area contributed by atoms with E-state index in [2.05, 4.69) is 17.3 Å². The summed E-state index contributed by atoms with van der Waals surface area (Å²) in [4.78, 5) is 29.2. The van der Waals surface area contributed by atoms with E-state index in [9.17, 15) is 9.59 Å². The van der Waals surface area contributed by atoms with Crippen LogP contribution in [0.3, 0.4) is 0 Å². The SMILES string of the molecule is COc1ccc(C)cc1NC(=O)c1ccc(C(=O)N2CCN(C)CC2)cc1. The van der Waals surface area contributed by atoms with Crippen LogP contribution in [0.1, 0.15) is 26.3 Å². The Hall–Kier alpha value is -2.86. The van der Waals surface area contributed by atoms with Gasteiger partial charge in [-0.15, -0.1) is 0 Å². The second-order valence-corrected chi connectivity index (χ2v) is 6.83. The molecule has 0 aromatic heterocycles. The third-order valence-electron chi connectivity index (χ3n) is 4.79. The van der Waals surface area contributed by atoms with Crippen LogP contribution in [0.5, 0.6) is 5.75 Å². The van der Waals surface area contributed by atoms with Crippen LogP contribution in [0.25, 0.3) is 0 Å². The number of amides is 2. The molecule has 6 nitrogen and oxygen atoms in total. The number of anilines is 1. The summed E-state index contributed by atoms with van der Waals surface area (Å²) in [6, 6.07) is 12.4. The Balaban J connectivity index is 1.69. The van der Waals surface area contributed by atoms with Crippen molar-refractivity contribution in [3.8, 4) is 5.75 Å². The first-order valence-electron chi connectivity index (χ1n) is 9.02. The monoisotopic (exact) mass is 367 g/mol. The summed E-state index contributed by atoms with van der Waals surface area (Å²) in [5.74, 6) is 0.378. The largest absolute Gasteiger partial charge is 0.495 e. The molecule has 0 aliphatic carbocycles. The van der Waals surface area contributed by atoms with Crippen molar-refractivity contribution in [3.63, 3.8) is 0 Å². The summed E-state index contributed by atoms with van der Waals surface area (Å²) in [6.07, 6.45) is 0. The lowest BCUT2D eigenvalue weighted by Gasteiger charge is -2.32. The molecule has 2 amide bonds. The molecule has 1 saturated heterocycles. The number of piperazine rings is 1. The van der Waals surface area contributed by atoms with E-state index in [1.165, 1.54) is 0 Å². The van der Waals surface area contributed by atoms with Gasteiger partial charge in [-0.2, -0.15) is 0 Å². The predicted octanol–water partition coefficient (Wildman–Crippen LogP) is 2.64. The van der Waals surface area contributed by atoms with Crippen molar-refractivity contribution in [1.82, 2.24) is 9.80 Å². The number of hydrogen-bond acceptors (Lipinski definition) is 4. The van der Waals surface area contributed by atoms with Crippen LogP contribution < -0.4 is 10.1 Å². The molecule has 0 spiro atoms. The number of carbonyl (C=O) groups excluding carboxylic acids is 2. The Morgan fingerprint density at radius 3 is 2.22 bits per heavy atom. The number of nitrogens with zero attached hydrogens (tertiary/aromatic N) is 2. The van der Waals surface area contributed by atoms with E-state index in [0.29, 0.717) is 22.6 Å². The molecule has 0 unspecified atom stereocenters. The molecule has 27 heavy (non-hydrogen) atoms. The van der Waals surface area contributed by atoms with E-state index in [1.807, 2.05) is 30.0 Å². The fraction of sp³-hybridized carbons (Fsp3) is 0.333. The van der Waals surface area contributed by atoms with Crippen LogP contribution in [0.4, 0.5) is 5.69 Å². The normalized spacial score (nSPS) is 14.7. The maximum Gasteiger partial charge on any atom is 0.255 e. The van der Waals surface area contributed by atoms with Gasteiger partial charge in [0.25, 0.3) is 11.8 Å². The van der Waals surface area contributed by atoms with Gasteiger partial charge in [0.15, 0.2) is 0 Å². The molecular weight excluding hydrogens is 342 g/mol. The van der Waals surface area contributed by atoms with Gasteiger partial charge in [0.2, 0.25) is 0 Å². The van der Waals surface area contributed by atoms with Crippen LogP contribution in [0.2, 0.25) is 0 Å². The number of aryl methyl sites for hydroxylation is 1. The van der Waals surface area contributed by atoms with Crippen molar-refractivity contribution in [3.05, 3.63) is 59.2 Å². The molecular formula is C21H25N3O3. The van der Waals surface area contributed by atoms with Gasteiger partial charge in [-0.25, -0.2) is 0 Å². The zero-order chi connectivity index (χ0) is 19.4. The molecule has 1 N–H and O–H groups in total. The molecule has 0 radical (unpaired) electrons. The molecule has 0 bridgehead atoms. The van der Waals surface area contributed by atoms with Gasteiger partial charge in [0.1, 0.15) is 5.75 Å². The minimum atomic E-state index is -0.238. The van der Waals surface area contributed by atoms with Gasteiger partial charge in [-0.3, -0.25) is 9.59 Å². The highest BCUT2D eigenvalue weighted by Gasteiger charge is 2.20. The highest BCUT2D eigenvalue weighted by molar-refractivity contribution is 6.05. The van der Waals surface area contributed by atoms with E-state index in [0.717, 1.165) is 31.7 Å². The second-order valence-electron chi connectivity index (χ2n) is 6.83. The third kappa shape index (κ3) is 4.46. The van der Waals surface area contributed by atoms with Gasteiger partial charge in [0.05, 0.1) is 12.8 Å². The zero-order valence-corrected chi connectivity index (χ0v) is 16.0. The molecule has 1 aliphatic heterocycles. The number of benzene rings is 2. The van der Waals surface area contributed by atoms with Gasteiger partial charge >= 0.3 is 0 Å². The topological polar surface area (TPSA) is 61.9 Å². The van der Waals surface area contributed by atoms with Crippen molar-refractivity contribution in [2.45, 2.75) is 6.92 Å². The van der Waals surface area contributed by atoms with E-state index in [1.54, 1.807) is 31.4 Å². The molecule has 1 heterocycles. The number of hydrogen-bond donors (Lipinski definition) is 1. The van der Waals surface area contributed by atoms with Crippen LogP contribution in [-0.4, -0.2) is 62.0 Å². The molecule has 3 rings (SSSR count). The average molecular weight is 367 g/mol. The van der Waals surface area contributed by atoms with Gasteiger partial charge in [-0.1, -0.05) is 6.07 Å². The van der Waals surface area contributed by atoms with E-state index >= 15 is 0 Å². The van der Waals surface area contributed by atoms with Crippen LogP contribution >= 0.6 is 0 Å². The molecule has 1 aliphatic rings. The maximum absolute atomic E-state index is 12.6. The van der Waals surface area contributed by atoms with Crippen molar-refractivity contribution in [2.24, 2.45) is 0 Å². The Bertz CT molecular complexity index is 825. The number of rotatable bonds is 4. The average Bonchev–Trinajstić information content (AvgIpc) is 2.68. The predicted molar refractivity (Wildman–Crippen MR) is 106 cm³/mol. The minimum absolute atomic E-state index is 0.00964. The Morgan fingerprint density at radius 1 is 0.963 bits per heavy atom. The quantitative estimate of drug-likeness (QED) is 0.902. The maximum atomic E-state index is 12.6. The number of nitrogens with one attached hydrogen (secondary N) is 1. The minimum Gasteiger partial charge on any atom is -0.495 e. The lowest BCUT2D eigenvalue weighted by Crippen LogP contribution is -2.47. The Morgan fingerprint density at radius 2 is 1.59 bits per heavy atom. The van der Waals surface area contributed by atoms with Crippen LogP contribution in [0.15, 0.2) is 42.5 Å². The summed E-state index contributed by atoms with van der Waals surface area (Å²) in [7, 11) is 3.62. The lowest BCUT2D eigenvalue weighted by atomic mass is 10.1. The summed E-state index contributed by atoms with van der Waals surface area (Å²) in [5.41, 5.74) is 2.75. The second kappa shape index (κ2) is 8.22. The number of carbonyl (C=O) groups is 2. The van der Waals surface area contributed by atoms with E-state index < -0.39 is 0 Å². The van der Waals surface area contributed by atoms with Crippen LogP contribution in [0, 0.1) is 6.92 Å². The first kappa shape index (κ1) is 18.9. The Labute approximate surface area is 159 Å². The number of likely N-dealkylation sites (N-methyl/N-ethyl adjacent to an activating group) is 1. The fourth-order valence-corrected chi connectivity index (χ4v) is 3.07.